The van der Waals surface area contributed by atoms with Crippen LogP contribution in [0.3, 0.4) is 0 Å². The Labute approximate surface area is 190 Å². The maximum Gasteiger partial charge on any atom is 0.282 e. The Morgan fingerprint density at radius 2 is 1.90 bits per heavy atom. The van der Waals surface area contributed by atoms with E-state index in [0.717, 1.165) is 43.4 Å². The summed E-state index contributed by atoms with van der Waals surface area (Å²) in [6, 6.07) is 6.53. The van der Waals surface area contributed by atoms with E-state index in [1.54, 1.807) is 11.8 Å². The van der Waals surface area contributed by atoms with Crippen molar-refractivity contribution in [1.29, 1.82) is 0 Å². The highest BCUT2D eigenvalue weighted by atomic mass is 35.5. The summed E-state index contributed by atoms with van der Waals surface area (Å²) in [5, 5.41) is 1.61. The van der Waals surface area contributed by atoms with Gasteiger partial charge >= 0.3 is 0 Å². The van der Waals surface area contributed by atoms with Crippen LogP contribution in [0.5, 0.6) is 5.75 Å². The molecular weight excluding hydrogens is 416 g/mol. The summed E-state index contributed by atoms with van der Waals surface area (Å²) in [7, 11) is 0. The van der Waals surface area contributed by atoms with Gasteiger partial charge in [-0.25, -0.2) is 0 Å². The van der Waals surface area contributed by atoms with Gasteiger partial charge in [0.15, 0.2) is 0 Å². The van der Waals surface area contributed by atoms with Gasteiger partial charge in [0.05, 0.1) is 6.61 Å². The minimum absolute atomic E-state index is 0.325. The van der Waals surface area contributed by atoms with Crippen molar-refractivity contribution in [3.8, 4) is 5.75 Å². The number of nitrogens with zero attached hydrogens (tertiary/aromatic N) is 2. The lowest BCUT2D eigenvalue weighted by Crippen LogP contribution is -2.41. The van der Waals surface area contributed by atoms with Gasteiger partial charge in [0.1, 0.15) is 5.75 Å². The van der Waals surface area contributed by atoms with Crippen LogP contribution >= 0.6 is 23.4 Å². The van der Waals surface area contributed by atoms with E-state index in [0.29, 0.717) is 29.1 Å². The molecular formula is C24H35ClN2O2S. The number of amides is 1. The molecule has 1 aromatic carbocycles. The van der Waals surface area contributed by atoms with Crippen LogP contribution in [-0.4, -0.2) is 59.1 Å². The Hall–Kier alpha value is -0.910. The lowest BCUT2D eigenvalue weighted by molar-refractivity contribution is 0.164. The van der Waals surface area contributed by atoms with E-state index in [2.05, 4.69) is 15.9 Å². The molecule has 2 heterocycles. The number of benzene rings is 1. The molecule has 2 saturated heterocycles. The number of carbonyl (C=O) groups is 1. The number of likely N-dealkylation sites (tertiary alicyclic amines) is 1. The topological polar surface area (TPSA) is 32.8 Å². The second-order valence-electron chi connectivity index (χ2n) is 9.08. The Morgan fingerprint density at radius 3 is 2.63 bits per heavy atom. The van der Waals surface area contributed by atoms with E-state index >= 15 is 0 Å². The SMILES string of the molecule is CCOc1ccc(Cl)c(CC2CCN(CC3CN(C4CCCCC4)C(=O)S3)CC2)c1. The van der Waals surface area contributed by atoms with Crippen LogP contribution in [0.4, 0.5) is 4.79 Å². The monoisotopic (exact) mass is 450 g/mol. The average molecular weight is 451 g/mol. The third-order valence-electron chi connectivity index (χ3n) is 6.92. The first-order valence-corrected chi connectivity index (χ1v) is 13.0. The van der Waals surface area contributed by atoms with Crippen LogP contribution in [0.2, 0.25) is 5.02 Å². The van der Waals surface area contributed by atoms with Crippen molar-refractivity contribution in [3.05, 3.63) is 28.8 Å². The largest absolute Gasteiger partial charge is 0.494 e. The van der Waals surface area contributed by atoms with E-state index in [1.165, 1.54) is 50.5 Å². The Kier molecular flexibility index (Phi) is 7.88. The van der Waals surface area contributed by atoms with Crippen LogP contribution in [-0.2, 0) is 6.42 Å². The zero-order valence-electron chi connectivity index (χ0n) is 18.2. The number of halogens is 1. The number of hydrogen-bond donors (Lipinski definition) is 0. The van der Waals surface area contributed by atoms with Gasteiger partial charge in [0.25, 0.3) is 5.24 Å². The number of ether oxygens (including phenoxy) is 1. The molecule has 3 fully saturated rings. The van der Waals surface area contributed by atoms with Crippen LogP contribution in [0, 0.1) is 5.92 Å². The van der Waals surface area contributed by atoms with Crippen molar-refractivity contribution < 1.29 is 9.53 Å². The summed E-state index contributed by atoms with van der Waals surface area (Å²) >= 11 is 8.03. The highest BCUT2D eigenvalue weighted by molar-refractivity contribution is 8.14. The molecule has 1 aliphatic carbocycles. The van der Waals surface area contributed by atoms with Gasteiger partial charge in [-0.2, -0.15) is 0 Å². The summed E-state index contributed by atoms with van der Waals surface area (Å²) in [5.74, 6) is 1.59. The first-order valence-electron chi connectivity index (χ1n) is 11.7. The highest BCUT2D eigenvalue weighted by Crippen LogP contribution is 2.34. The van der Waals surface area contributed by atoms with Crippen LogP contribution < -0.4 is 4.74 Å². The number of hydrogen-bond acceptors (Lipinski definition) is 4. The van der Waals surface area contributed by atoms with Crippen molar-refractivity contribution in [2.24, 2.45) is 5.92 Å². The number of thioether (sulfide) groups is 1. The summed E-state index contributed by atoms with van der Waals surface area (Å²) < 4.78 is 5.64. The molecule has 0 aromatic heterocycles. The Bertz CT molecular complexity index is 717. The van der Waals surface area contributed by atoms with E-state index in [-0.39, 0.29) is 0 Å². The standard InChI is InChI=1S/C24H35ClN2O2S/c1-2-29-21-8-9-23(25)19(15-21)14-18-10-12-26(13-11-18)16-22-17-27(24(28)30-22)20-6-4-3-5-7-20/h8-9,15,18,20,22H,2-7,10-14,16-17H2,1H3. The number of piperidine rings is 1. The quantitative estimate of drug-likeness (QED) is 0.520. The smallest absolute Gasteiger partial charge is 0.282 e. The zero-order valence-corrected chi connectivity index (χ0v) is 19.7. The summed E-state index contributed by atoms with van der Waals surface area (Å²) in [6.07, 6.45) is 9.75. The van der Waals surface area contributed by atoms with Crippen molar-refractivity contribution in [2.75, 3.05) is 32.8 Å². The van der Waals surface area contributed by atoms with Crippen molar-refractivity contribution in [3.63, 3.8) is 0 Å². The van der Waals surface area contributed by atoms with Gasteiger partial charge in [-0.3, -0.25) is 4.79 Å². The first-order chi connectivity index (χ1) is 14.6. The number of rotatable bonds is 7. The van der Waals surface area contributed by atoms with Gasteiger partial charge in [0, 0.05) is 29.4 Å². The molecule has 4 nitrogen and oxygen atoms in total. The maximum absolute atomic E-state index is 12.5. The lowest BCUT2D eigenvalue weighted by Gasteiger charge is -2.34. The molecule has 1 amide bonds. The predicted octanol–water partition coefficient (Wildman–Crippen LogP) is 5.86. The molecule has 0 spiro atoms. The normalized spacial score (nSPS) is 24.5. The fourth-order valence-electron chi connectivity index (χ4n) is 5.26. The zero-order chi connectivity index (χ0) is 20.9. The lowest BCUT2D eigenvalue weighted by atomic mass is 9.90. The molecule has 4 rings (SSSR count). The van der Waals surface area contributed by atoms with Crippen molar-refractivity contribution >= 4 is 28.6 Å². The molecule has 30 heavy (non-hydrogen) atoms. The Balaban J connectivity index is 1.23. The molecule has 1 saturated carbocycles. The minimum atomic E-state index is 0.325. The average Bonchev–Trinajstić information content (AvgIpc) is 3.13. The van der Waals surface area contributed by atoms with Gasteiger partial charge in [0.2, 0.25) is 0 Å². The summed E-state index contributed by atoms with van der Waals surface area (Å²) in [4.78, 5) is 17.3. The van der Waals surface area contributed by atoms with E-state index < -0.39 is 0 Å². The first kappa shape index (κ1) is 22.3. The molecule has 2 aliphatic heterocycles. The van der Waals surface area contributed by atoms with E-state index in [9.17, 15) is 4.79 Å². The van der Waals surface area contributed by atoms with Gasteiger partial charge in [-0.1, -0.05) is 42.6 Å². The second kappa shape index (κ2) is 10.6. The van der Waals surface area contributed by atoms with E-state index in [1.807, 2.05) is 19.1 Å². The molecule has 0 N–H and O–H groups in total. The molecule has 1 atom stereocenters. The summed E-state index contributed by atoms with van der Waals surface area (Å²) in [6.45, 7) is 6.94. The predicted molar refractivity (Wildman–Crippen MR) is 126 cm³/mol. The van der Waals surface area contributed by atoms with Crippen LogP contribution in [0.25, 0.3) is 0 Å². The maximum atomic E-state index is 12.5. The fourth-order valence-corrected chi connectivity index (χ4v) is 6.62. The molecule has 1 unspecified atom stereocenters. The van der Waals surface area contributed by atoms with Gasteiger partial charge in [-0.05, 0) is 81.8 Å². The van der Waals surface area contributed by atoms with Crippen molar-refractivity contribution in [1.82, 2.24) is 9.80 Å². The van der Waals surface area contributed by atoms with Gasteiger partial charge < -0.3 is 14.5 Å². The molecule has 1 aromatic rings. The molecule has 6 heteroatoms. The van der Waals surface area contributed by atoms with Crippen LogP contribution in [0.15, 0.2) is 18.2 Å². The fraction of sp³-hybridized carbons (Fsp3) is 0.708. The molecule has 0 bridgehead atoms. The highest BCUT2D eigenvalue weighted by Gasteiger charge is 2.36. The summed E-state index contributed by atoms with van der Waals surface area (Å²) in [5.41, 5.74) is 1.21. The molecule has 3 aliphatic rings. The minimum Gasteiger partial charge on any atom is -0.494 e. The molecule has 0 radical (unpaired) electrons. The van der Waals surface area contributed by atoms with Gasteiger partial charge in [-0.15, -0.1) is 0 Å². The second-order valence-corrected chi connectivity index (χ2v) is 10.7. The third kappa shape index (κ3) is 5.66. The van der Waals surface area contributed by atoms with Crippen LogP contribution in [0.1, 0.15) is 57.4 Å². The van der Waals surface area contributed by atoms with E-state index in [4.69, 9.17) is 16.3 Å². The van der Waals surface area contributed by atoms with Crippen molar-refractivity contribution in [2.45, 2.75) is 69.6 Å². The third-order valence-corrected chi connectivity index (χ3v) is 8.36. The number of carbonyl (C=O) groups excluding carboxylic acids is 1. The Morgan fingerprint density at radius 1 is 1.13 bits per heavy atom. The molecule has 166 valence electrons.